The number of rotatable bonds is 25. The number of alkyl carbamates (subject to hydrolysis) is 1. The number of hydrogen-bond donors (Lipinski definition) is 5. The maximum absolute atomic E-state index is 15.3. The Hall–Kier alpha value is -6.28. The summed E-state index contributed by atoms with van der Waals surface area (Å²) in [6, 6.07) is 27.3. The summed E-state index contributed by atoms with van der Waals surface area (Å²) >= 11 is 12.9. The number of hydrogen-bond acceptors (Lipinski definition) is 11. The second-order valence-electron chi connectivity index (χ2n) is 23.9. The fourth-order valence-electron chi connectivity index (χ4n) is 9.46. The molecular weight excluding hydrogens is 1090 g/mol. The van der Waals surface area contributed by atoms with Crippen molar-refractivity contribution in [1.29, 1.82) is 0 Å². The van der Waals surface area contributed by atoms with Gasteiger partial charge in [-0.15, -0.1) is 0 Å². The Morgan fingerprint density at radius 1 is 0.864 bits per heavy atom. The first-order chi connectivity index (χ1) is 38.1. The zero-order valence-electron chi connectivity index (χ0n) is 48.8. The summed E-state index contributed by atoms with van der Waals surface area (Å²) in [5.41, 5.74) is 2.44. The predicted molar refractivity (Wildman–Crippen MR) is 320 cm³/mol. The number of likely N-dealkylation sites (tertiary alicyclic amines) is 1. The molecule has 4 atom stereocenters. The maximum atomic E-state index is 15.3. The third-order valence-corrected chi connectivity index (χ3v) is 19.8. The molecule has 1 fully saturated rings. The average Bonchev–Trinajstić information content (AvgIpc) is 3.84. The molecule has 0 radical (unpaired) electrons. The molecule has 1 aliphatic rings. The highest BCUT2D eigenvalue weighted by atomic mass is 35.5. The highest BCUT2D eigenvalue weighted by Crippen LogP contribution is 2.37. The number of ether oxygens (including phenoxy) is 2. The number of aromatic nitrogens is 2. The Labute approximate surface area is 488 Å². The molecule has 0 bridgehead atoms. The lowest BCUT2D eigenvalue weighted by Crippen LogP contribution is -2.65. The number of imidazole rings is 1. The fraction of sp³-hybridized carbons (Fsp3) is 0.475. The lowest BCUT2D eigenvalue weighted by molar-refractivity contribution is -0.146. The Balaban J connectivity index is 1.29. The van der Waals surface area contributed by atoms with Gasteiger partial charge in [-0.05, 0) is 145 Å². The van der Waals surface area contributed by atoms with E-state index in [4.69, 9.17) is 37.1 Å². The van der Waals surface area contributed by atoms with E-state index in [-0.39, 0.29) is 56.4 Å². The van der Waals surface area contributed by atoms with Crippen molar-refractivity contribution in [3.05, 3.63) is 136 Å². The van der Waals surface area contributed by atoms with Crippen molar-refractivity contribution in [2.45, 2.75) is 135 Å². The molecule has 0 aliphatic carbocycles. The van der Waals surface area contributed by atoms with Crippen molar-refractivity contribution in [3.63, 3.8) is 0 Å². The van der Waals surface area contributed by atoms with E-state index in [0.29, 0.717) is 59.5 Å². The highest BCUT2D eigenvalue weighted by molar-refractivity contribution is 6.74. The van der Waals surface area contributed by atoms with Gasteiger partial charge in [-0.1, -0.05) is 92.5 Å². The summed E-state index contributed by atoms with van der Waals surface area (Å²) < 4.78 is 20.8. The molecule has 17 nitrogen and oxygen atoms in total. The molecule has 0 spiro atoms. The molecule has 81 heavy (non-hydrogen) atoms. The molecule has 5 aromatic rings. The van der Waals surface area contributed by atoms with Crippen LogP contribution in [-0.4, -0.2) is 126 Å². The number of nitrogens with one attached hydrogen (secondary N) is 4. The minimum atomic E-state index is -2.55. The number of halogens is 2. The number of carbonyl (C=O) groups is 5. The summed E-state index contributed by atoms with van der Waals surface area (Å²) in [4.78, 5) is 78.3. The standard InChI is InChI=1S/C61H82Cl2N8O9Si/c1-59(2,3)80-58(77)64-30-28-49(65-36-44-20-25-47(63)34-52(44)79-48-26-21-43(22-27-48)51-37-66-53(70(51)9)38-69(7)8)55(74)67-50(39-78-81(10,11)60(4,5)6)56(75)68-61(35-42-18-23-46(62)24-19-42)29-15-31-71(40-61)57(76)45(33-54(72)73)32-41-16-13-12-14-17-41/h12-14,16-27,34,37,45,49-50,65H,15,28-33,35-36,38-40H2,1-11H3,(H,64,77)(H,67,74)(H,68,75)(H,72,73)/t45?,49?,50?,61-/m1/s1. The number of nitrogens with zero attached hydrogens (tertiary/aromatic N) is 4. The molecule has 0 saturated carbocycles. The number of carboxylic acids is 1. The Morgan fingerprint density at radius 2 is 1.54 bits per heavy atom. The lowest BCUT2D eigenvalue weighted by atomic mass is 9.82. The van der Waals surface area contributed by atoms with Gasteiger partial charge in [0, 0.05) is 54.4 Å². The van der Waals surface area contributed by atoms with E-state index < -0.39 is 61.3 Å². The van der Waals surface area contributed by atoms with Gasteiger partial charge in [0.1, 0.15) is 29.0 Å². The van der Waals surface area contributed by atoms with Gasteiger partial charge < -0.3 is 54.6 Å². The Kier molecular flexibility index (Phi) is 22.2. The van der Waals surface area contributed by atoms with Gasteiger partial charge in [-0.3, -0.25) is 19.2 Å². The van der Waals surface area contributed by atoms with E-state index in [1.807, 2.05) is 100 Å². The van der Waals surface area contributed by atoms with Crippen LogP contribution in [0.5, 0.6) is 11.5 Å². The molecule has 5 N–H and O–H groups in total. The monoisotopic (exact) mass is 1170 g/mol. The van der Waals surface area contributed by atoms with Crippen LogP contribution in [0.1, 0.15) is 89.7 Å². The van der Waals surface area contributed by atoms with Crippen LogP contribution in [0.4, 0.5) is 4.79 Å². The highest BCUT2D eigenvalue weighted by Gasteiger charge is 2.43. The molecule has 1 saturated heterocycles. The van der Waals surface area contributed by atoms with Gasteiger partial charge in [-0.2, -0.15) is 0 Å². The minimum Gasteiger partial charge on any atom is -0.481 e. The van der Waals surface area contributed by atoms with Gasteiger partial charge >= 0.3 is 12.1 Å². The summed E-state index contributed by atoms with van der Waals surface area (Å²) in [7, 11) is 3.44. The van der Waals surface area contributed by atoms with Gasteiger partial charge in [0.25, 0.3) is 0 Å². The summed E-state index contributed by atoms with van der Waals surface area (Å²) in [6.45, 7) is 16.8. The molecule has 3 unspecified atom stereocenters. The van der Waals surface area contributed by atoms with E-state index in [1.165, 1.54) is 0 Å². The Morgan fingerprint density at radius 3 is 2.19 bits per heavy atom. The molecular formula is C61H82Cl2N8O9Si. The number of piperidine rings is 1. The first-order valence-electron chi connectivity index (χ1n) is 27.6. The van der Waals surface area contributed by atoms with Crippen LogP contribution in [0, 0.1) is 5.92 Å². The van der Waals surface area contributed by atoms with E-state index in [9.17, 15) is 24.3 Å². The van der Waals surface area contributed by atoms with Crippen LogP contribution in [0.15, 0.2) is 103 Å². The normalized spacial score (nSPS) is 16.0. The van der Waals surface area contributed by atoms with Crippen molar-refractivity contribution >= 4 is 61.3 Å². The fourth-order valence-corrected chi connectivity index (χ4v) is 10.8. The van der Waals surface area contributed by atoms with Crippen molar-refractivity contribution < 1.29 is 43.0 Å². The smallest absolute Gasteiger partial charge is 0.407 e. The SMILES string of the molecule is CN(C)Cc1ncc(-c2ccc(Oc3cc(Cl)ccc3CNC(CCNC(=O)OC(C)(C)C)C(=O)NC(CO[Si](C)(C)C(C)(C)C)C(=O)N[C@@]3(Cc4ccc(Cl)cc4)CCCN(C(=O)C(CC(=O)O)Cc4ccccc4)C3)cc2)n1C. The second-order valence-corrected chi connectivity index (χ2v) is 29.6. The average molecular weight is 1170 g/mol. The first kappa shape index (κ1) is 63.9. The zero-order valence-corrected chi connectivity index (χ0v) is 51.3. The molecule has 438 valence electrons. The van der Waals surface area contributed by atoms with E-state index in [1.54, 1.807) is 49.9 Å². The van der Waals surface area contributed by atoms with Gasteiger partial charge in [0.15, 0.2) is 8.32 Å². The second kappa shape index (κ2) is 28.1. The molecule has 6 rings (SSSR count). The van der Waals surface area contributed by atoms with E-state index >= 15 is 4.79 Å². The molecule has 20 heteroatoms. The van der Waals surface area contributed by atoms with Gasteiger partial charge in [-0.25, -0.2) is 9.78 Å². The van der Waals surface area contributed by atoms with Crippen molar-refractivity contribution in [2.24, 2.45) is 13.0 Å². The van der Waals surface area contributed by atoms with E-state index in [2.05, 4.69) is 69.6 Å². The molecule has 4 aromatic carbocycles. The summed E-state index contributed by atoms with van der Waals surface area (Å²) in [6.07, 6.45) is 2.41. The number of aliphatic carboxylic acids is 1. The molecule has 1 aromatic heterocycles. The van der Waals surface area contributed by atoms with Crippen molar-refractivity contribution in [3.8, 4) is 22.8 Å². The quantitative estimate of drug-likeness (QED) is 0.0346. The minimum absolute atomic E-state index is 0.0299. The third-order valence-electron chi connectivity index (χ3n) is 14.8. The van der Waals surface area contributed by atoms with Crippen LogP contribution in [0.3, 0.4) is 0 Å². The number of carboxylic acid groups (broad SMARTS) is 1. The molecule has 4 amide bonds. The van der Waals surface area contributed by atoms with Crippen LogP contribution >= 0.6 is 23.2 Å². The molecule has 1 aliphatic heterocycles. The van der Waals surface area contributed by atoms with Crippen LogP contribution in [0.25, 0.3) is 11.3 Å². The Bertz CT molecular complexity index is 2930. The number of carbonyl (C=O) groups excluding carboxylic acids is 4. The van der Waals surface area contributed by atoms with Crippen molar-refractivity contribution in [2.75, 3.05) is 40.3 Å². The van der Waals surface area contributed by atoms with Gasteiger partial charge in [0.2, 0.25) is 17.7 Å². The largest absolute Gasteiger partial charge is 0.481 e. The zero-order chi connectivity index (χ0) is 59.3. The van der Waals surface area contributed by atoms with Crippen LogP contribution in [-0.2, 0) is 61.3 Å². The number of benzene rings is 4. The number of amides is 4. The predicted octanol–water partition coefficient (Wildman–Crippen LogP) is 10.2. The van der Waals surface area contributed by atoms with Crippen LogP contribution in [0.2, 0.25) is 28.2 Å². The van der Waals surface area contributed by atoms with Crippen LogP contribution < -0.4 is 26.0 Å². The lowest BCUT2D eigenvalue weighted by Gasteiger charge is -2.45. The van der Waals surface area contributed by atoms with Crippen molar-refractivity contribution in [1.82, 2.24) is 40.6 Å². The van der Waals surface area contributed by atoms with Gasteiger partial charge in [0.05, 0.1) is 49.0 Å². The maximum Gasteiger partial charge on any atom is 0.407 e. The molecule has 2 heterocycles. The third kappa shape index (κ3) is 19.1. The topological polar surface area (TPSA) is 206 Å². The summed E-state index contributed by atoms with van der Waals surface area (Å²) in [5.74, 6) is -1.40. The first-order valence-corrected chi connectivity index (χ1v) is 31.2. The van der Waals surface area contributed by atoms with E-state index in [0.717, 1.165) is 28.2 Å². The summed E-state index contributed by atoms with van der Waals surface area (Å²) in [5, 5.41) is 23.2.